The number of aliphatic carboxylic acids is 1. The van der Waals surface area contributed by atoms with Crippen LogP contribution in [0.3, 0.4) is 0 Å². The van der Waals surface area contributed by atoms with E-state index in [-0.39, 0.29) is 17.9 Å². The molecule has 0 aromatic carbocycles. The minimum atomic E-state index is -0.920. The van der Waals surface area contributed by atoms with E-state index >= 15 is 0 Å². The third kappa shape index (κ3) is 2.63. The first-order valence-corrected chi connectivity index (χ1v) is 7.92. The molecule has 0 spiro atoms. The van der Waals surface area contributed by atoms with E-state index in [1.807, 2.05) is 0 Å². The zero-order valence-electron chi connectivity index (χ0n) is 12.1. The number of carboxylic acids is 1. The number of rotatable bonds is 2. The number of hydrogen-bond donors (Lipinski definition) is 2. The zero-order valence-corrected chi connectivity index (χ0v) is 12.1. The van der Waals surface area contributed by atoms with Gasteiger partial charge >= 0.3 is 5.97 Å². The molecule has 1 aliphatic carbocycles. The van der Waals surface area contributed by atoms with Crippen molar-refractivity contribution in [1.82, 2.24) is 10.2 Å². The third-order valence-electron chi connectivity index (χ3n) is 5.21. The van der Waals surface area contributed by atoms with Crippen LogP contribution in [0.15, 0.2) is 0 Å². The molecule has 2 saturated heterocycles. The van der Waals surface area contributed by atoms with Gasteiger partial charge in [0.1, 0.15) is 12.1 Å². The zero-order chi connectivity index (χ0) is 15.0. The highest BCUT2D eigenvalue weighted by Gasteiger charge is 2.46. The fraction of sp³-hybridized carbons (Fsp3) is 0.800. The second-order valence-corrected chi connectivity index (χ2v) is 6.45. The number of carbonyl (C=O) groups excluding carboxylic acids is 2. The maximum atomic E-state index is 12.8. The molecule has 0 bridgehead atoms. The molecule has 6 heteroatoms. The van der Waals surface area contributed by atoms with E-state index in [0.29, 0.717) is 25.2 Å². The number of carbonyl (C=O) groups is 3. The highest BCUT2D eigenvalue weighted by atomic mass is 16.4. The molecule has 6 nitrogen and oxygen atoms in total. The third-order valence-corrected chi connectivity index (χ3v) is 5.21. The van der Waals surface area contributed by atoms with Gasteiger partial charge in [-0.3, -0.25) is 9.59 Å². The molecule has 2 amide bonds. The Hall–Kier alpha value is -1.59. The van der Waals surface area contributed by atoms with E-state index in [2.05, 4.69) is 5.32 Å². The average molecular weight is 294 g/mol. The summed E-state index contributed by atoms with van der Waals surface area (Å²) in [4.78, 5) is 37.2. The fourth-order valence-electron chi connectivity index (χ4n) is 4.17. The van der Waals surface area contributed by atoms with E-state index in [1.165, 1.54) is 6.42 Å². The molecule has 4 unspecified atom stereocenters. The van der Waals surface area contributed by atoms with Crippen LogP contribution in [0.2, 0.25) is 0 Å². The van der Waals surface area contributed by atoms with Crippen molar-refractivity contribution in [3.8, 4) is 0 Å². The van der Waals surface area contributed by atoms with Gasteiger partial charge in [-0.1, -0.05) is 12.8 Å². The Balaban J connectivity index is 1.83. The molecule has 0 aromatic heterocycles. The van der Waals surface area contributed by atoms with Gasteiger partial charge in [-0.25, -0.2) is 4.79 Å². The number of hydrogen-bond acceptors (Lipinski definition) is 3. The lowest BCUT2D eigenvalue weighted by molar-refractivity contribution is -0.159. The number of carboxylic acid groups (broad SMARTS) is 1. The van der Waals surface area contributed by atoms with Crippen LogP contribution in [0.4, 0.5) is 0 Å². The van der Waals surface area contributed by atoms with Crippen LogP contribution in [-0.2, 0) is 14.4 Å². The topological polar surface area (TPSA) is 86.7 Å². The van der Waals surface area contributed by atoms with Crippen LogP contribution >= 0.6 is 0 Å². The van der Waals surface area contributed by atoms with E-state index in [0.717, 1.165) is 25.7 Å². The van der Waals surface area contributed by atoms with Crippen molar-refractivity contribution in [1.29, 1.82) is 0 Å². The number of piperidine rings is 1. The van der Waals surface area contributed by atoms with Crippen molar-refractivity contribution in [2.75, 3.05) is 0 Å². The predicted molar refractivity (Wildman–Crippen MR) is 74.4 cm³/mol. The van der Waals surface area contributed by atoms with Crippen molar-refractivity contribution >= 4 is 17.8 Å². The minimum absolute atomic E-state index is 0.0404. The quantitative estimate of drug-likeness (QED) is 0.792. The smallest absolute Gasteiger partial charge is 0.326 e. The molecule has 1 saturated carbocycles. The van der Waals surface area contributed by atoms with Crippen LogP contribution < -0.4 is 5.32 Å². The molecule has 4 atom stereocenters. The van der Waals surface area contributed by atoms with Gasteiger partial charge in [-0.15, -0.1) is 0 Å². The van der Waals surface area contributed by atoms with Gasteiger partial charge in [0, 0.05) is 12.5 Å². The maximum absolute atomic E-state index is 12.8. The Morgan fingerprint density at radius 3 is 2.52 bits per heavy atom. The molecule has 2 heterocycles. The first-order valence-electron chi connectivity index (χ1n) is 7.92. The summed E-state index contributed by atoms with van der Waals surface area (Å²) in [6.07, 6.45) is 6.45. The van der Waals surface area contributed by atoms with Crippen LogP contribution in [0.5, 0.6) is 0 Å². The molecule has 2 N–H and O–H groups in total. The predicted octanol–water partition coefficient (Wildman–Crippen LogP) is 0.899. The number of nitrogens with one attached hydrogen (secondary N) is 1. The minimum Gasteiger partial charge on any atom is -0.480 e. The van der Waals surface area contributed by atoms with Crippen molar-refractivity contribution in [3.05, 3.63) is 0 Å². The number of nitrogens with zero attached hydrogens (tertiary/aromatic N) is 1. The lowest BCUT2D eigenvalue weighted by Crippen LogP contribution is -2.60. The van der Waals surface area contributed by atoms with Gasteiger partial charge in [-0.05, 0) is 38.0 Å². The van der Waals surface area contributed by atoms with Crippen molar-refractivity contribution in [2.45, 2.75) is 69.5 Å². The van der Waals surface area contributed by atoms with Gasteiger partial charge < -0.3 is 15.3 Å². The summed E-state index contributed by atoms with van der Waals surface area (Å²) in [6.45, 7) is 0. The van der Waals surface area contributed by atoms with Gasteiger partial charge in [-0.2, -0.15) is 0 Å². The van der Waals surface area contributed by atoms with Crippen molar-refractivity contribution in [2.24, 2.45) is 5.92 Å². The molecule has 3 aliphatic rings. The standard InChI is InChI=1S/C15H22N2O4/c18-13-8-6-10(16-13)14(19)17-11-4-2-1-3-9(11)5-7-12(17)15(20)21/h9-12H,1-8H2,(H,16,18)(H,20,21). The first-order chi connectivity index (χ1) is 10.1. The van der Waals surface area contributed by atoms with Gasteiger partial charge in [0.15, 0.2) is 0 Å². The molecule has 3 rings (SSSR count). The summed E-state index contributed by atoms with van der Waals surface area (Å²) in [6, 6.07) is -1.21. The highest BCUT2D eigenvalue weighted by Crippen LogP contribution is 2.38. The summed E-state index contributed by atoms with van der Waals surface area (Å²) in [7, 11) is 0. The van der Waals surface area contributed by atoms with Crippen molar-refractivity contribution in [3.63, 3.8) is 0 Å². The molecular weight excluding hydrogens is 272 g/mol. The molecule has 0 radical (unpaired) electrons. The largest absolute Gasteiger partial charge is 0.480 e. The monoisotopic (exact) mass is 294 g/mol. The Morgan fingerprint density at radius 2 is 1.86 bits per heavy atom. The van der Waals surface area contributed by atoms with Crippen LogP contribution in [0.25, 0.3) is 0 Å². The second kappa shape index (κ2) is 5.66. The lowest BCUT2D eigenvalue weighted by Gasteiger charge is -2.47. The summed E-state index contributed by atoms with van der Waals surface area (Å²) < 4.78 is 0. The molecule has 21 heavy (non-hydrogen) atoms. The summed E-state index contributed by atoms with van der Waals surface area (Å²) in [5.74, 6) is -0.797. The molecular formula is C15H22N2O4. The van der Waals surface area contributed by atoms with Gasteiger partial charge in [0.25, 0.3) is 0 Å². The Kier molecular flexibility index (Phi) is 3.87. The summed E-state index contributed by atoms with van der Waals surface area (Å²) in [5.41, 5.74) is 0. The summed E-state index contributed by atoms with van der Waals surface area (Å²) in [5, 5.41) is 12.1. The van der Waals surface area contributed by atoms with Crippen molar-refractivity contribution < 1.29 is 19.5 Å². The maximum Gasteiger partial charge on any atom is 0.326 e. The van der Waals surface area contributed by atoms with Gasteiger partial charge in [0.2, 0.25) is 11.8 Å². The molecule has 2 aliphatic heterocycles. The van der Waals surface area contributed by atoms with E-state index in [4.69, 9.17) is 0 Å². The summed E-state index contributed by atoms with van der Waals surface area (Å²) >= 11 is 0. The number of amides is 2. The van der Waals surface area contributed by atoms with E-state index < -0.39 is 18.1 Å². The van der Waals surface area contributed by atoms with Crippen LogP contribution in [-0.4, -0.2) is 45.9 Å². The number of fused-ring (bicyclic) bond motifs is 1. The Labute approximate surface area is 123 Å². The molecule has 0 aromatic rings. The first kappa shape index (κ1) is 14.4. The Bertz CT molecular complexity index is 465. The molecule has 3 fully saturated rings. The van der Waals surface area contributed by atoms with Gasteiger partial charge in [0.05, 0.1) is 0 Å². The van der Waals surface area contributed by atoms with Crippen LogP contribution in [0.1, 0.15) is 51.4 Å². The highest BCUT2D eigenvalue weighted by molar-refractivity contribution is 5.93. The lowest BCUT2D eigenvalue weighted by atomic mass is 9.76. The van der Waals surface area contributed by atoms with Crippen LogP contribution in [0, 0.1) is 5.92 Å². The SMILES string of the molecule is O=C1CCC(C(=O)N2C(C(=O)O)CCC3CCCCC32)N1. The number of likely N-dealkylation sites (tertiary alicyclic amines) is 1. The Morgan fingerprint density at radius 1 is 1.10 bits per heavy atom. The average Bonchev–Trinajstić information content (AvgIpc) is 2.91. The van der Waals surface area contributed by atoms with E-state index in [9.17, 15) is 19.5 Å². The van der Waals surface area contributed by atoms with E-state index in [1.54, 1.807) is 4.90 Å². The normalized spacial score (nSPS) is 36.0. The molecule has 116 valence electrons. The second-order valence-electron chi connectivity index (χ2n) is 6.45. The fourth-order valence-corrected chi connectivity index (χ4v) is 4.17.